The number of halogens is 1. The van der Waals surface area contributed by atoms with Crippen LogP contribution in [0.2, 0.25) is 0 Å². The Bertz CT molecular complexity index is 131. The Morgan fingerprint density at radius 2 is 2.43 bits per heavy atom. The minimum Gasteiger partial charge on any atom is -0.0793 e. The summed E-state index contributed by atoms with van der Waals surface area (Å²) in [5.41, 5.74) is 1.36. The highest BCUT2D eigenvalue weighted by Gasteiger charge is 1.97. The van der Waals surface area contributed by atoms with Crippen LogP contribution in [-0.4, -0.2) is 0 Å². The smallest absolute Gasteiger partial charge is 0.00175 e. The molecule has 0 saturated carbocycles. The van der Waals surface area contributed by atoms with Gasteiger partial charge in [0.25, 0.3) is 0 Å². The second kappa shape index (κ2) is 1.83. The minimum absolute atomic E-state index is 1.09. The molecule has 0 aliphatic heterocycles. The first-order valence-electron chi connectivity index (χ1n) is 2.32. The van der Waals surface area contributed by atoms with Gasteiger partial charge >= 0.3 is 0 Å². The van der Waals surface area contributed by atoms with Gasteiger partial charge in [0, 0.05) is 4.48 Å². The van der Waals surface area contributed by atoms with E-state index in [9.17, 15) is 0 Å². The van der Waals surface area contributed by atoms with Crippen molar-refractivity contribution in [2.45, 2.75) is 13.3 Å². The second-order valence-corrected chi connectivity index (χ2v) is 2.65. The van der Waals surface area contributed by atoms with Crippen LogP contribution in [-0.2, 0) is 0 Å². The Balaban J connectivity index is 2.79. The van der Waals surface area contributed by atoms with E-state index in [-0.39, 0.29) is 0 Å². The lowest BCUT2D eigenvalue weighted by Crippen LogP contribution is -1.62. The Morgan fingerprint density at radius 3 is 2.57 bits per heavy atom. The summed E-state index contributed by atoms with van der Waals surface area (Å²) < 4.78 is 1.33. The highest BCUT2D eigenvalue weighted by molar-refractivity contribution is 9.11. The summed E-state index contributed by atoms with van der Waals surface area (Å²) >= 11 is 3.42. The lowest BCUT2D eigenvalue weighted by molar-refractivity contribution is 1.40. The van der Waals surface area contributed by atoms with Crippen molar-refractivity contribution in [2.75, 3.05) is 0 Å². The summed E-state index contributed by atoms with van der Waals surface area (Å²) in [6.07, 6.45) is 5.37. The average molecular weight is 159 g/mol. The van der Waals surface area contributed by atoms with Crippen LogP contribution in [0, 0.1) is 0 Å². The van der Waals surface area contributed by atoms with E-state index in [4.69, 9.17) is 0 Å². The zero-order chi connectivity index (χ0) is 5.28. The number of hydrogen-bond donors (Lipinski definition) is 0. The van der Waals surface area contributed by atoms with Gasteiger partial charge < -0.3 is 0 Å². The summed E-state index contributed by atoms with van der Waals surface area (Å²) in [5.74, 6) is 0. The van der Waals surface area contributed by atoms with Gasteiger partial charge in [0.05, 0.1) is 0 Å². The molecule has 0 N–H and O–H groups in total. The second-order valence-electron chi connectivity index (χ2n) is 1.69. The van der Waals surface area contributed by atoms with E-state index in [2.05, 4.69) is 35.0 Å². The summed E-state index contributed by atoms with van der Waals surface area (Å²) in [6.45, 7) is 2.10. The summed E-state index contributed by atoms with van der Waals surface area (Å²) in [6, 6.07) is 0. The van der Waals surface area contributed by atoms with Crippen molar-refractivity contribution in [1.29, 1.82) is 0 Å². The predicted molar refractivity (Wildman–Crippen MR) is 35.4 cm³/mol. The van der Waals surface area contributed by atoms with Crippen LogP contribution in [0.15, 0.2) is 22.2 Å². The Hall–Kier alpha value is -0.0400. The molecule has 0 bridgehead atoms. The van der Waals surface area contributed by atoms with Crippen LogP contribution in [0.3, 0.4) is 0 Å². The molecular formula is C6H7Br. The van der Waals surface area contributed by atoms with Crippen molar-refractivity contribution in [2.24, 2.45) is 0 Å². The van der Waals surface area contributed by atoms with Crippen LogP contribution in [0.25, 0.3) is 0 Å². The number of hydrogen-bond acceptors (Lipinski definition) is 0. The fourth-order valence-corrected chi connectivity index (χ4v) is 0.910. The highest BCUT2D eigenvalue weighted by atomic mass is 79.9. The molecule has 38 valence electrons. The topological polar surface area (TPSA) is 0 Å². The van der Waals surface area contributed by atoms with Gasteiger partial charge in [-0.3, -0.25) is 0 Å². The third-order valence-corrected chi connectivity index (χ3v) is 2.04. The van der Waals surface area contributed by atoms with Crippen molar-refractivity contribution in [3.8, 4) is 0 Å². The Labute approximate surface area is 52.0 Å². The fraction of sp³-hybridized carbons (Fsp3) is 0.333. The molecule has 0 heterocycles. The molecule has 1 aliphatic carbocycles. The fourth-order valence-electron chi connectivity index (χ4n) is 0.591. The molecule has 0 radical (unpaired) electrons. The lowest BCUT2D eigenvalue weighted by Gasteiger charge is -1.85. The molecule has 0 aromatic heterocycles. The van der Waals surface area contributed by atoms with Gasteiger partial charge in [-0.05, 0) is 18.9 Å². The third-order valence-electron chi connectivity index (χ3n) is 1.09. The van der Waals surface area contributed by atoms with E-state index >= 15 is 0 Å². The molecule has 1 heteroatoms. The molecule has 0 atom stereocenters. The van der Waals surface area contributed by atoms with Crippen molar-refractivity contribution in [1.82, 2.24) is 0 Å². The van der Waals surface area contributed by atoms with Gasteiger partial charge in [0.2, 0.25) is 0 Å². The number of rotatable bonds is 0. The van der Waals surface area contributed by atoms with Crippen LogP contribution >= 0.6 is 15.9 Å². The summed E-state index contributed by atoms with van der Waals surface area (Å²) in [4.78, 5) is 0. The monoisotopic (exact) mass is 158 g/mol. The van der Waals surface area contributed by atoms with Crippen molar-refractivity contribution < 1.29 is 0 Å². The van der Waals surface area contributed by atoms with E-state index < -0.39 is 0 Å². The van der Waals surface area contributed by atoms with E-state index in [0.717, 1.165) is 6.42 Å². The first-order chi connectivity index (χ1) is 3.30. The first kappa shape index (κ1) is 5.10. The van der Waals surface area contributed by atoms with Gasteiger partial charge in [-0.25, -0.2) is 0 Å². The molecule has 0 nitrogen and oxygen atoms in total. The first-order valence-corrected chi connectivity index (χ1v) is 3.12. The molecule has 0 unspecified atom stereocenters. The SMILES string of the molecule is CC1=C(Br)CC=C1. The maximum Gasteiger partial charge on any atom is 0.00175 e. The molecule has 1 rings (SSSR count). The molecule has 0 aromatic carbocycles. The predicted octanol–water partition coefficient (Wildman–Crippen LogP) is 2.62. The molecule has 0 amide bonds. The quantitative estimate of drug-likeness (QED) is 0.509. The molecule has 1 aliphatic rings. The van der Waals surface area contributed by atoms with E-state index in [1.807, 2.05) is 0 Å². The Kier molecular flexibility index (Phi) is 1.33. The normalized spacial score (nSPS) is 19.1. The van der Waals surface area contributed by atoms with E-state index in [0.29, 0.717) is 0 Å². The standard InChI is InChI=1S/C6H7Br/c1-5-3-2-4-6(5)7/h2-3H,4H2,1H3. The van der Waals surface area contributed by atoms with E-state index in [1.165, 1.54) is 10.1 Å². The van der Waals surface area contributed by atoms with Crippen molar-refractivity contribution >= 4 is 15.9 Å². The molecule has 0 fully saturated rings. The van der Waals surface area contributed by atoms with Crippen molar-refractivity contribution in [3.63, 3.8) is 0 Å². The van der Waals surface area contributed by atoms with Gasteiger partial charge in [0.15, 0.2) is 0 Å². The molecule has 0 saturated heterocycles. The largest absolute Gasteiger partial charge is 0.0793 e. The van der Waals surface area contributed by atoms with Crippen LogP contribution in [0.4, 0.5) is 0 Å². The number of allylic oxidation sites excluding steroid dienone is 4. The van der Waals surface area contributed by atoms with Gasteiger partial charge in [0.1, 0.15) is 0 Å². The van der Waals surface area contributed by atoms with Gasteiger partial charge in [-0.1, -0.05) is 28.1 Å². The minimum atomic E-state index is 1.09. The van der Waals surface area contributed by atoms with Gasteiger partial charge in [-0.15, -0.1) is 0 Å². The maximum atomic E-state index is 3.42. The molecule has 7 heavy (non-hydrogen) atoms. The lowest BCUT2D eigenvalue weighted by atomic mass is 10.3. The van der Waals surface area contributed by atoms with Crippen molar-refractivity contribution in [3.05, 3.63) is 22.2 Å². The highest BCUT2D eigenvalue weighted by Crippen LogP contribution is 2.22. The summed E-state index contributed by atoms with van der Waals surface area (Å²) in [7, 11) is 0. The average Bonchev–Trinajstić information content (AvgIpc) is 1.91. The van der Waals surface area contributed by atoms with Gasteiger partial charge in [-0.2, -0.15) is 0 Å². The van der Waals surface area contributed by atoms with Crippen LogP contribution in [0.1, 0.15) is 13.3 Å². The molecule has 0 spiro atoms. The van der Waals surface area contributed by atoms with Crippen LogP contribution in [0.5, 0.6) is 0 Å². The summed E-state index contributed by atoms with van der Waals surface area (Å²) in [5, 5.41) is 0. The molecule has 0 aromatic rings. The zero-order valence-corrected chi connectivity index (χ0v) is 5.83. The third kappa shape index (κ3) is 0.942. The Morgan fingerprint density at radius 1 is 1.71 bits per heavy atom. The maximum absolute atomic E-state index is 3.42. The van der Waals surface area contributed by atoms with E-state index in [1.54, 1.807) is 0 Å². The zero-order valence-electron chi connectivity index (χ0n) is 4.24. The molecular weight excluding hydrogens is 152 g/mol. The van der Waals surface area contributed by atoms with Crippen LogP contribution < -0.4 is 0 Å².